The zero-order chi connectivity index (χ0) is 14.8. The molecule has 3 aromatic rings. The van der Waals surface area contributed by atoms with Crippen LogP contribution in [0.3, 0.4) is 0 Å². The number of anilines is 2. The summed E-state index contributed by atoms with van der Waals surface area (Å²) in [5.74, 6) is -0.314. The summed E-state index contributed by atoms with van der Waals surface area (Å²) in [5, 5.41) is 14.0. The van der Waals surface area contributed by atoms with E-state index >= 15 is 0 Å². The molecule has 104 valence electrons. The van der Waals surface area contributed by atoms with E-state index in [0.29, 0.717) is 11.2 Å². The zero-order valence-electron chi connectivity index (χ0n) is 11.5. The van der Waals surface area contributed by atoms with E-state index in [0.717, 1.165) is 16.6 Å². The van der Waals surface area contributed by atoms with Crippen LogP contribution < -0.4 is 5.32 Å². The van der Waals surface area contributed by atoms with Gasteiger partial charge in [-0.2, -0.15) is 0 Å². The molecular formula is C17H14N2O2. The van der Waals surface area contributed by atoms with Crippen molar-refractivity contribution in [2.45, 2.75) is 6.92 Å². The van der Waals surface area contributed by atoms with Crippen molar-refractivity contribution in [1.82, 2.24) is 4.98 Å². The number of pyridine rings is 1. The third-order valence-electron chi connectivity index (χ3n) is 3.42. The van der Waals surface area contributed by atoms with Crippen LogP contribution in [0.25, 0.3) is 10.8 Å². The zero-order valence-corrected chi connectivity index (χ0v) is 11.5. The van der Waals surface area contributed by atoms with Gasteiger partial charge in [-0.25, -0.2) is 9.78 Å². The van der Waals surface area contributed by atoms with Gasteiger partial charge in [-0.1, -0.05) is 42.5 Å². The number of rotatable bonds is 3. The Hall–Kier alpha value is -2.88. The Kier molecular flexibility index (Phi) is 3.28. The third-order valence-corrected chi connectivity index (χ3v) is 3.42. The average Bonchev–Trinajstić information content (AvgIpc) is 2.49. The van der Waals surface area contributed by atoms with Crippen LogP contribution >= 0.6 is 0 Å². The Labute approximate surface area is 122 Å². The molecule has 0 unspecified atom stereocenters. The van der Waals surface area contributed by atoms with Crippen LogP contribution in [0.5, 0.6) is 0 Å². The van der Waals surface area contributed by atoms with Gasteiger partial charge < -0.3 is 10.4 Å². The minimum Gasteiger partial charge on any atom is -0.478 e. The predicted molar refractivity (Wildman–Crippen MR) is 83.2 cm³/mol. The number of carboxylic acids is 1. The number of nitrogens with zero attached hydrogens (tertiary/aromatic N) is 1. The second-order valence-electron chi connectivity index (χ2n) is 4.81. The second-order valence-corrected chi connectivity index (χ2v) is 4.81. The Morgan fingerprint density at radius 1 is 1.05 bits per heavy atom. The lowest BCUT2D eigenvalue weighted by Gasteiger charge is -2.12. The van der Waals surface area contributed by atoms with Gasteiger partial charge >= 0.3 is 5.97 Å². The average molecular weight is 278 g/mol. The summed E-state index contributed by atoms with van der Waals surface area (Å²) in [6.45, 7) is 2.01. The monoisotopic (exact) mass is 278 g/mol. The molecule has 0 aliphatic rings. The highest BCUT2D eigenvalue weighted by molar-refractivity contribution is 6.06. The Morgan fingerprint density at radius 2 is 1.71 bits per heavy atom. The molecule has 0 bridgehead atoms. The van der Waals surface area contributed by atoms with Crippen molar-refractivity contribution in [3.8, 4) is 0 Å². The summed E-state index contributed by atoms with van der Waals surface area (Å²) in [6, 6.07) is 15.3. The summed E-state index contributed by atoms with van der Waals surface area (Å²) in [6.07, 6.45) is 1.39. The SMILES string of the molecule is Cc1ccccc1Nc1ncc(C(=O)O)c2ccccc12. The number of carbonyl (C=O) groups is 1. The van der Waals surface area contributed by atoms with Crippen molar-refractivity contribution in [2.24, 2.45) is 0 Å². The molecule has 2 aromatic carbocycles. The van der Waals surface area contributed by atoms with Crippen LogP contribution in [0, 0.1) is 6.92 Å². The molecule has 0 saturated carbocycles. The first kappa shape index (κ1) is 13.1. The number of para-hydroxylation sites is 1. The highest BCUT2D eigenvalue weighted by Gasteiger charge is 2.12. The van der Waals surface area contributed by atoms with Crippen molar-refractivity contribution in [3.63, 3.8) is 0 Å². The van der Waals surface area contributed by atoms with Gasteiger partial charge in [-0.05, 0) is 18.6 Å². The molecule has 0 atom stereocenters. The molecule has 3 rings (SSSR count). The van der Waals surface area contributed by atoms with Crippen molar-refractivity contribution >= 4 is 28.2 Å². The minimum atomic E-state index is -0.971. The first-order valence-electron chi connectivity index (χ1n) is 6.60. The third kappa shape index (κ3) is 2.43. The number of aromatic carboxylic acids is 1. The molecule has 2 N–H and O–H groups in total. The number of benzene rings is 2. The minimum absolute atomic E-state index is 0.209. The van der Waals surface area contributed by atoms with Crippen LogP contribution in [-0.2, 0) is 0 Å². The quantitative estimate of drug-likeness (QED) is 0.760. The standard InChI is InChI=1S/C17H14N2O2/c1-11-6-2-5-9-15(11)19-16-13-8-4-3-7-12(13)14(10-18-16)17(20)21/h2-10H,1H3,(H,18,19)(H,20,21). The van der Waals surface area contributed by atoms with Gasteiger partial charge in [0.25, 0.3) is 0 Å². The molecule has 0 saturated heterocycles. The number of aromatic nitrogens is 1. The number of fused-ring (bicyclic) bond motifs is 1. The van der Waals surface area contributed by atoms with Crippen molar-refractivity contribution in [3.05, 3.63) is 65.9 Å². The molecule has 4 heteroatoms. The van der Waals surface area contributed by atoms with Gasteiger partial charge in [0, 0.05) is 22.7 Å². The summed E-state index contributed by atoms with van der Waals surface area (Å²) < 4.78 is 0. The van der Waals surface area contributed by atoms with Crippen molar-refractivity contribution in [2.75, 3.05) is 5.32 Å². The maximum absolute atomic E-state index is 11.3. The molecule has 4 nitrogen and oxygen atoms in total. The van der Waals surface area contributed by atoms with Crippen molar-refractivity contribution < 1.29 is 9.90 Å². The second kappa shape index (κ2) is 5.25. The predicted octanol–water partition coefficient (Wildman–Crippen LogP) is 3.99. The largest absolute Gasteiger partial charge is 0.478 e. The molecular weight excluding hydrogens is 264 g/mol. The number of nitrogens with one attached hydrogen (secondary N) is 1. The first-order chi connectivity index (χ1) is 10.2. The lowest BCUT2D eigenvalue weighted by atomic mass is 10.1. The van der Waals surface area contributed by atoms with E-state index in [-0.39, 0.29) is 5.56 Å². The van der Waals surface area contributed by atoms with E-state index < -0.39 is 5.97 Å². The summed E-state index contributed by atoms with van der Waals surface area (Å²) in [5.41, 5.74) is 2.27. The number of hydrogen-bond donors (Lipinski definition) is 2. The van der Waals surface area contributed by atoms with Gasteiger partial charge in [0.15, 0.2) is 0 Å². The van der Waals surface area contributed by atoms with E-state index in [1.54, 1.807) is 6.07 Å². The highest BCUT2D eigenvalue weighted by Crippen LogP contribution is 2.27. The Balaban J connectivity index is 2.14. The van der Waals surface area contributed by atoms with E-state index in [4.69, 9.17) is 0 Å². The molecule has 0 aliphatic carbocycles. The number of carboxylic acid groups (broad SMARTS) is 1. The Bertz CT molecular complexity index is 828. The molecule has 21 heavy (non-hydrogen) atoms. The maximum Gasteiger partial charge on any atom is 0.337 e. The van der Waals surface area contributed by atoms with Gasteiger partial charge in [-0.3, -0.25) is 0 Å². The molecule has 0 spiro atoms. The molecule has 1 aromatic heterocycles. The van der Waals surface area contributed by atoms with E-state index in [1.165, 1.54) is 6.20 Å². The van der Waals surface area contributed by atoms with Crippen molar-refractivity contribution in [1.29, 1.82) is 0 Å². The molecule has 1 heterocycles. The highest BCUT2D eigenvalue weighted by atomic mass is 16.4. The summed E-state index contributed by atoms with van der Waals surface area (Å²) in [4.78, 5) is 15.6. The van der Waals surface area contributed by atoms with Crippen LogP contribution in [-0.4, -0.2) is 16.1 Å². The van der Waals surface area contributed by atoms with Crippen LogP contribution in [0.1, 0.15) is 15.9 Å². The van der Waals surface area contributed by atoms with Gasteiger partial charge in [-0.15, -0.1) is 0 Å². The van der Waals surface area contributed by atoms with E-state index in [9.17, 15) is 9.90 Å². The first-order valence-corrected chi connectivity index (χ1v) is 6.60. The molecule has 0 aliphatic heterocycles. The fourth-order valence-corrected chi connectivity index (χ4v) is 2.30. The molecule has 0 fully saturated rings. The summed E-state index contributed by atoms with van der Waals surface area (Å²) in [7, 11) is 0. The lowest BCUT2D eigenvalue weighted by molar-refractivity contribution is 0.0698. The van der Waals surface area contributed by atoms with Crippen LogP contribution in [0.4, 0.5) is 11.5 Å². The van der Waals surface area contributed by atoms with Crippen LogP contribution in [0.2, 0.25) is 0 Å². The molecule has 0 amide bonds. The van der Waals surface area contributed by atoms with Gasteiger partial charge in [0.2, 0.25) is 0 Å². The topological polar surface area (TPSA) is 62.2 Å². The smallest absolute Gasteiger partial charge is 0.337 e. The van der Waals surface area contributed by atoms with E-state index in [2.05, 4.69) is 10.3 Å². The normalized spacial score (nSPS) is 10.5. The van der Waals surface area contributed by atoms with E-state index in [1.807, 2.05) is 49.4 Å². The number of hydrogen-bond acceptors (Lipinski definition) is 3. The Morgan fingerprint density at radius 3 is 2.43 bits per heavy atom. The summed E-state index contributed by atoms with van der Waals surface area (Å²) >= 11 is 0. The molecule has 0 radical (unpaired) electrons. The maximum atomic E-state index is 11.3. The van der Waals surface area contributed by atoms with Crippen LogP contribution in [0.15, 0.2) is 54.7 Å². The fraction of sp³-hybridized carbons (Fsp3) is 0.0588. The lowest BCUT2D eigenvalue weighted by Crippen LogP contribution is -2.02. The van der Waals surface area contributed by atoms with Gasteiger partial charge in [0.1, 0.15) is 5.82 Å². The van der Waals surface area contributed by atoms with Gasteiger partial charge in [0.05, 0.1) is 5.56 Å². The number of aryl methyl sites for hydroxylation is 1. The fourth-order valence-electron chi connectivity index (χ4n) is 2.30.